The molecule has 1 aliphatic rings. The molecule has 20 heavy (non-hydrogen) atoms. The summed E-state index contributed by atoms with van der Waals surface area (Å²) in [5, 5.41) is 3.41. The smallest absolute Gasteiger partial charge is 0.128 e. The number of piperidine rings is 1. The summed E-state index contributed by atoms with van der Waals surface area (Å²) < 4.78 is 5.49. The molecule has 1 aliphatic heterocycles. The van der Waals surface area contributed by atoms with Crippen molar-refractivity contribution in [3.05, 3.63) is 23.0 Å². The van der Waals surface area contributed by atoms with E-state index in [1.54, 1.807) is 7.11 Å². The third kappa shape index (κ3) is 3.13. The number of aromatic nitrogens is 1. The van der Waals surface area contributed by atoms with E-state index in [9.17, 15) is 0 Å². The topological polar surface area (TPSA) is 37.4 Å². The van der Waals surface area contributed by atoms with Crippen LogP contribution in [0.4, 0.5) is 0 Å². The predicted octanol–water partition coefficient (Wildman–Crippen LogP) is 2.14. The molecule has 2 unspecified atom stereocenters. The Labute approximate surface area is 122 Å². The number of hydrogen-bond acceptors (Lipinski definition) is 4. The fourth-order valence-electron chi connectivity index (χ4n) is 3.25. The first-order chi connectivity index (χ1) is 9.56. The van der Waals surface area contributed by atoms with Crippen molar-refractivity contribution in [3.63, 3.8) is 0 Å². The Morgan fingerprint density at radius 3 is 2.80 bits per heavy atom. The van der Waals surface area contributed by atoms with Crippen molar-refractivity contribution in [2.24, 2.45) is 5.92 Å². The van der Waals surface area contributed by atoms with Crippen LogP contribution in [0.15, 0.2) is 6.20 Å². The lowest BCUT2D eigenvalue weighted by Gasteiger charge is -2.36. The fraction of sp³-hybridized carbons (Fsp3) is 0.688. The second-order valence-electron chi connectivity index (χ2n) is 5.94. The minimum absolute atomic E-state index is 0.646. The molecule has 0 spiro atoms. The average molecular weight is 277 g/mol. The van der Waals surface area contributed by atoms with Crippen molar-refractivity contribution >= 4 is 0 Å². The van der Waals surface area contributed by atoms with Gasteiger partial charge in [0, 0.05) is 43.0 Å². The Kier molecular flexibility index (Phi) is 5.00. The van der Waals surface area contributed by atoms with E-state index in [2.05, 4.69) is 36.1 Å². The summed E-state index contributed by atoms with van der Waals surface area (Å²) in [7, 11) is 3.80. The Morgan fingerprint density at radius 1 is 1.45 bits per heavy atom. The van der Waals surface area contributed by atoms with Crippen LogP contribution in [0.5, 0.6) is 5.75 Å². The first-order valence-corrected chi connectivity index (χ1v) is 7.45. The van der Waals surface area contributed by atoms with Crippen molar-refractivity contribution < 1.29 is 4.74 Å². The molecule has 0 amide bonds. The predicted molar refractivity (Wildman–Crippen MR) is 82.2 cm³/mol. The highest BCUT2D eigenvalue weighted by atomic mass is 16.5. The molecular formula is C16H27N3O. The zero-order valence-electron chi connectivity index (χ0n) is 13.4. The van der Waals surface area contributed by atoms with Crippen molar-refractivity contribution in [2.45, 2.75) is 39.8 Å². The van der Waals surface area contributed by atoms with Crippen LogP contribution in [0.3, 0.4) is 0 Å². The number of nitrogens with one attached hydrogen (secondary N) is 1. The summed E-state index contributed by atoms with van der Waals surface area (Å²) in [6.07, 6.45) is 3.13. The van der Waals surface area contributed by atoms with Crippen LogP contribution < -0.4 is 10.1 Å². The number of methoxy groups -OCH3 is 1. The molecule has 2 rings (SSSR count). The highest BCUT2D eigenvalue weighted by Gasteiger charge is 2.25. The van der Waals surface area contributed by atoms with Gasteiger partial charge in [0.15, 0.2) is 0 Å². The van der Waals surface area contributed by atoms with Gasteiger partial charge in [-0.1, -0.05) is 6.92 Å². The van der Waals surface area contributed by atoms with E-state index in [1.165, 1.54) is 12.0 Å². The summed E-state index contributed by atoms with van der Waals surface area (Å²) in [6, 6.07) is 0.646. The van der Waals surface area contributed by atoms with E-state index in [4.69, 9.17) is 4.74 Å². The molecule has 2 heterocycles. The molecule has 1 N–H and O–H groups in total. The zero-order valence-corrected chi connectivity index (χ0v) is 13.4. The van der Waals surface area contributed by atoms with Gasteiger partial charge in [-0.15, -0.1) is 0 Å². The van der Waals surface area contributed by atoms with Gasteiger partial charge in [0.25, 0.3) is 0 Å². The van der Waals surface area contributed by atoms with E-state index in [0.717, 1.165) is 36.6 Å². The normalized spacial score (nSPS) is 23.9. The molecular weight excluding hydrogens is 250 g/mol. The van der Waals surface area contributed by atoms with E-state index in [0.29, 0.717) is 12.0 Å². The van der Waals surface area contributed by atoms with E-state index in [-0.39, 0.29) is 0 Å². The van der Waals surface area contributed by atoms with E-state index < -0.39 is 0 Å². The maximum atomic E-state index is 5.49. The molecule has 2 atom stereocenters. The lowest BCUT2D eigenvalue weighted by molar-refractivity contribution is 0.143. The minimum Gasteiger partial charge on any atom is -0.496 e. The summed E-state index contributed by atoms with van der Waals surface area (Å²) in [5.41, 5.74) is 3.43. The highest BCUT2D eigenvalue weighted by molar-refractivity contribution is 5.41. The molecule has 4 nitrogen and oxygen atoms in total. The summed E-state index contributed by atoms with van der Waals surface area (Å²) in [6.45, 7) is 9.66. The monoisotopic (exact) mass is 277 g/mol. The maximum Gasteiger partial charge on any atom is 0.128 e. The average Bonchev–Trinajstić information content (AvgIpc) is 2.43. The second-order valence-corrected chi connectivity index (χ2v) is 5.94. The fourth-order valence-corrected chi connectivity index (χ4v) is 3.25. The molecule has 1 aromatic rings. The van der Waals surface area contributed by atoms with Crippen LogP contribution in [0.1, 0.15) is 30.2 Å². The number of likely N-dealkylation sites (tertiary alicyclic amines) is 1. The number of pyridine rings is 1. The van der Waals surface area contributed by atoms with Crippen LogP contribution in [-0.4, -0.2) is 43.2 Å². The molecule has 0 radical (unpaired) electrons. The molecule has 1 saturated heterocycles. The van der Waals surface area contributed by atoms with Crippen molar-refractivity contribution in [3.8, 4) is 5.75 Å². The van der Waals surface area contributed by atoms with Crippen LogP contribution in [-0.2, 0) is 6.54 Å². The Balaban J connectivity index is 2.08. The van der Waals surface area contributed by atoms with Crippen molar-refractivity contribution in [1.29, 1.82) is 0 Å². The third-order valence-electron chi connectivity index (χ3n) is 4.48. The summed E-state index contributed by atoms with van der Waals surface area (Å²) in [4.78, 5) is 7.11. The SMILES string of the molecule is CNC1CCN(Cc2ncc(C)c(OC)c2C)CC1C. The molecule has 4 heteroatoms. The zero-order chi connectivity index (χ0) is 14.7. The molecule has 1 aromatic heterocycles. The van der Waals surface area contributed by atoms with Gasteiger partial charge in [0.2, 0.25) is 0 Å². The first kappa shape index (κ1) is 15.3. The van der Waals surface area contributed by atoms with E-state index in [1.807, 2.05) is 13.1 Å². The number of nitrogens with zero attached hydrogens (tertiary/aromatic N) is 2. The molecule has 0 saturated carbocycles. The minimum atomic E-state index is 0.646. The summed E-state index contributed by atoms with van der Waals surface area (Å²) >= 11 is 0. The molecule has 0 aliphatic carbocycles. The van der Waals surface area contributed by atoms with Crippen molar-refractivity contribution in [2.75, 3.05) is 27.2 Å². The van der Waals surface area contributed by atoms with Gasteiger partial charge in [-0.05, 0) is 33.2 Å². The van der Waals surface area contributed by atoms with Gasteiger partial charge in [0.05, 0.1) is 12.8 Å². The van der Waals surface area contributed by atoms with Crippen LogP contribution in [0.25, 0.3) is 0 Å². The van der Waals surface area contributed by atoms with Gasteiger partial charge >= 0.3 is 0 Å². The molecule has 1 fully saturated rings. The summed E-state index contributed by atoms with van der Waals surface area (Å²) in [5.74, 6) is 1.66. The Hall–Kier alpha value is -1.13. The van der Waals surface area contributed by atoms with Gasteiger partial charge in [-0.25, -0.2) is 0 Å². The third-order valence-corrected chi connectivity index (χ3v) is 4.48. The van der Waals surface area contributed by atoms with E-state index >= 15 is 0 Å². The van der Waals surface area contributed by atoms with Crippen LogP contribution in [0.2, 0.25) is 0 Å². The lowest BCUT2D eigenvalue weighted by Crippen LogP contribution is -2.46. The number of aryl methyl sites for hydroxylation is 1. The van der Waals surface area contributed by atoms with Crippen molar-refractivity contribution in [1.82, 2.24) is 15.2 Å². The standard InChI is InChI=1S/C16H27N3O/c1-11-8-18-15(13(3)16(11)20-5)10-19-7-6-14(17-4)12(2)9-19/h8,12,14,17H,6-7,9-10H2,1-5H3. The molecule has 0 bridgehead atoms. The van der Waals surface area contributed by atoms with Gasteiger partial charge in [-0.3, -0.25) is 9.88 Å². The largest absolute Gasteiger partial charge is 0.496 e. The Morgan fingerprint density at radius 2 is 2.20 bits per heavy atom. The van der Waals surface area contributed by atoms with Gasteiger partial charge in [0.1, 0.15) is 5.75 Å². The number of ether oxygens (including phenoxy) is 1. The first-order valence-electron chi connectivity index (χ1n) is 7.45. The number of rotatable bonds is 4. The molecule has 0 aromatic carbocycles. The lowest BCUT2D eigenvalue weighted by atomic mass is 9.94. The molecule has 112 valence electrons. The quantitative estimate of drug-likeness (QED) is 0.915. The van der Waals surface area contributed by atoms with Gasteiger partial charge in [-0.2, -0.15) is 0 Å². The van der Waals surface area contributed by atoms with Crippen LogP contribution in [0, 0.1) is 19.8 Å². The Bertz CT molecular complexity index is 461. The maximum absolute atomic E-state index is 5.49. The highest BCUT2D eigenvalue weighted by Crippen LogP contribution is 2.26. The number of hydrogen-bond donors (Lipinski definition) is 1. The van der Waals surface area contributed by atoms with Gasteiger partial charge < -0.3 is 10.1 Å². The van der Waals surface area contributed by atoms with Crippen LogP contribution >= 0.6 is 0 Å². The second kappa shape index (κ2) is 6.55.